The Balaban J connectivity index is 2.23. The average Bonchev–Trinajstić information content (AvgIpc) is 2.93. The van der Waals surface area contributed by atoms with Crippen LogP contribution >= 0.6 is 11.3 Å². The number of aromatic nitrogens is 1. The fourth-order valence-electron chi connectivity index (χ4n) is 2.43. The van der Waals surface area contributed by atoms with Gasteiger partial charge in [0.05, 0.1) is 5.69 Å². The molecule has 1 saturated heterocycles. The van der Waals surface area contributed by atoms with Crippen LogP contribution in [0.15, 0.2) is 0 Å². The third kappa shape index (κ3) is 3.95. The molecule has 1 aliphatic heterocycles. The second kappa shape index (κ2) is 5.64. The van der Waals surface area contributed by atoms with E-state index in [-0.39, 0.29) is 11.0 Å². The lowest BCUT2D eigenvalue weighted by Gasteiger charge is -2.22. The maximum Gasteiger partial charge on any atom is 0.185 e. The van der Waals surface area contributed by atoms with Crippen molar-refractivity contribution in [3.05, 3.63) is 10.6 Å². The van der Waals surface area contributed by atoms with Crippen molar-refractivity contribution in [2.24, 2.45) is 0 Å². The van der Waals surface area contributed by atoms with Crippen molar-refractivity contribution in [2.45, 2.75) is 71.9 Å². The fraction of sp³-hybridized carbons (Fsp3) is 0.812. The van der Waals surface area contributed by atoms with E-state index in [4.69, 9.17) is 4.98 Å². The van der Waals surface area contributed by atoms with Gasteiger partial charge < -0.3 is 10.2 Å². The van der Waals surface area contributed by atoms with Crippen molar-refractivity contribution in [3.63, 3.8) is 0 Å². The second-order valence-corrected chi connectivity index (χ2v) is 8.88. The zero-order valence-electron chi connectivity index (χ0n) is 13.8. The number of hydrogen-bond donors (Lipinski definition) is 1. The highest BCUT2D eigenvalue weighted by atomic mass is 32.1. The van der Waals surface area contributed by atoms with E-state index in [1.807, 2.05) is 11.3 Å². The Morgan fingerprint density at radius 1 is 1.10 bits per heavy atom. The minimum Gasteiger partial charge on any atom is -0.348 e. The van der Waals surface area contributed by atoms with Gasteiger partial charge in [0, 0.05) is 35.5 Å². The summed E-state index contributed by atoms with van der Waals surface area (Å²) in [6.07, 6.45) is 2.61. The van der Waals surface area contributed by atoms with Crippen LogP contribution in [0.5, 0.6) is 0 Å². The lowest BCUT2D eigenvalue weighted by Crippen LogP contribution is -2.35. The van der Waals surface area contributed by atoms with E-state index in [0.717, 1.165) is 6.54 Å². The van der Waals surface area contributed by atoms with E-state index in [1.165, 1.54) is 41.6 Å². The number of nitrogens with one attached hydrogen (secondary N) is 1. The minimum atomic E-state index is 0.114. The summed E-state index contributed by atoms with van der Waals surface area (Å²) < 4.78 is 0. The van der Waals surface area contributed by atoms with Crippen molar-refractivity contribution in [2.75, 3.05) is 18.0 Å². The largest absolute Gasteiger partial charge is 0.348 e. The first-order valence-electron chi connectivity index (χ1n) is 7.67. The molecular formula is C16H29N3S. The van der Waals surface area contributed by atoms with Gasteiger partial charge in [-0.15, -0.1) is 11.3 Å². The monoisotopic (exact) mass is 295 g/mol. The van der Waals surface area contributed by atoms with Crippen LogP contribution in [0, 0.1) is 0 Å². The first-order valence-corrected chi connectivity index (χ1v) is 8.49. The molecule has 0 spiro atoms. The highest BCUT2D eigenvalue weighted by Gasteiger charge is 2.26. The third-order valence-corrected chi connectivity index (χ3v) is 4.67. The second-order valence-electron chi connectivity index (χ2n) is 7.82. The Morgan fingerprint density at radius 2 is 1.70 bits per heavy atom. The van der Waals surface area contributed by atoms with Crippen LogP contribution in [0.25, 0.3) is 0 Å². The van der Waals surface area contributed by atoms with E-state index in [0.29, 0.717) is 0 Å². The van der Waals surface area contributed by atoms with Gasteiger partial charge in [0.25, 0.3) is 0 Å². The molecule has 1 fully saturated rings. The molecule has 2 heterocycles. The summed E-state index contributed by atoms with van der Waals surface area (Å²) in [6.45, 7) is 16.7. The van der Waals surface area contributed by atoms with E-state index in [1.54, 1.807) is 0 Å². The van der Waals surface area contributed by atoms with Crippen molar-refractivity contribution < 1.29 is 0 Å². The summed E-state index contributed by atoms with van der Waals surface area (Å²) in [5.74, 6) is 0. The van der Waals surface area contributed by atoms with Crippen LogP contribution in [0.3, 0.4) is 0 Å². The molecule has 1 aromatic heterocycles. The topological polar surface area (TPSA) is 28.2 Å². The van der Waals surface area contributed by atoms with Gasteiger partial charge in [-0.25, -0.2) is 4.98 Å². The Kier molecular flexibility index (Phi) is 4.45. The highest BCUT2D eigenvalue weighted by molar-refractivity contribution is 7.15. The number of rotatable bonds is 3. The van der Waals surface area contributed by atoms with Crippen molar-refractivity contribution >= 4 is 16.5 Å². The van der Waals surface area contributed by atoms with Crippen LogP contribution in [-0.4, -0.2) is 23.6 Å². The number of hydrogen-bond acceptors (Lipinski definition) is 4. The molecule has 0 radical (unpaired) electrons. The Labute approximate surface area is 127 Å². The van der Waals surface area contributed by atoms with Gasteiger partial charge in [0.1, 0.15) is 0 Å². The van der Waals surface area contributed by atoms with E-state index in [9.17, 15) is 0 Å². The fourth-order valence-corrected chi connectivity index (χ4v) is 3.70. The first kappa shape index (κ1) is 15.8. The van der Waals surface area contributed by atoms with Crippen molar-refractivity contribution in [1.29, 1.82) is 0 Å². The summed E-state index contributed by atoms with van der Waals surface area (Å²) in [5, 5.41) is 4.83. The van der Waals surface area contributed by atoms with Gasteiger partial charge in [-0.1, -0.05) is 20.8 Å². The minimum absolute atomic E-state index is 0.114. The van der Waals surface area contributed by atoms with Gasteiger partial charge in [0.2, 0.25) is 0 Å². The SMILES string of the molecule is CC(C)(C)NCc1sc(N2CCCC2)nc1C(C)(C)C. The molecule has 1 aromatic rings. The summed E-state index contributed by atoms with van der Waals surface area (Å²) >= 11 is 1.88. The Morgan fingerprint density at radius 3 is 2.20 bits per heavy atom. The molecule has 0 unspecified atom stereocenters. The summed E-state index contributed by atoms with van der Waals surface area (Å²) in [6, 6.07) is 0. The zero-order chi connectivity index (χ0) is 15.0. The van der Waals surface area contributed by atoms with Crippen LogP contribution in [-0.2, 0) is 12.0 Å². The molecule has 1 N–H and O–H groups in total. The molecule has 0 atom stereocenters. The third-order valence-electron chi connectivity index (χ3n) is 3.55. The zero-order valence-corrected chi connectivity index (χ0v) is 14.7. The lowest BCUT2D eigenvalue weighted by molar-refractivity contribution is 0.422. The van der Waals surface area contributed by atoms with Gasteiger partial charge in [0.15, 0.2) is 5.13 Å². The standard InChI is InChI=1S/C16H29N3S/c1-15(2,3)13-12(11-17-16(4,5)6)20-14(18-13)19-9-7-8-10-19/h17H,7-11H2,1-6H3. The van der Waals surface area contributed by atoms with Crippen LogP contribution in [0.2, 0.25) is 0 Å². The van der Waals surface area contributed by atoms with Crippen molar-refractivity contribution in [3.8, 4) is 0 Å². The Bertz CT molecular complexity index is 445. The number of anilines is 1. The van der Waals surface area contributed by atoms with Gasteiger partial charge in [-0.3, -0.25) is 0 Å². The summed E-state index contributed by atoms with van der Waals surface area (Å²) in [5.41, 5.74) is 1.53. The molecule has 0 aliphatic carbocycles. The van der Waals surface area contributed by atoms with E-state index >= 15 is 0 Å². The molecule has 20 heavy (non-hydrogen) atoms. The average molecular weight is 295 g/mol. The van der Waals surface area contributed by atoms with Crippen LogP contribution in [0.1, 0.15) is 65.0 Å². The normalized spacial score (nSPS) is 17.0. The molecular weight excluding hydrogens is 266 g/mol. The van der Waals surface area contributed by atoms with Gasteiger partial charge in [-0.2, -0.15) is 0 Å². The molecule has 0 saturated carbocycles. The van der Waals surface area contributed by atoms with Crippen molar-refractivity contribution in [1.82, 2.24) is 10.3 Å². The molecule has 0 aromatic carbocycles. The molecule has 2 rings (SSSR count). The maximum absolute atomic E-state index is 4.97. The van der Waals surface area contributed by atoms with Gasteiger partial charge in [-0.05, 0) is 33.6 Å². The highest BCUT2D eigenvalue weighted by Crippen LogP contribution is 2.35. The van der Waals surface area contributed by atoms with Crippen LogP contribution in [0.4, 0.5) is 5.13 Å². The lowest BCUT2D eigenvalue weighted by atomic mass is 9.91. The van der Waals surface area contributed by atoms with E-state index < -0.39 is 0 Å². The first-order chi connectivity index (χ1) is 9.17. The van der Waals surface area contributed by atoms with Gasteiger partial charge >= 0.3 is 0 Å². The Hall–Kier alpha value is -0.610. The predicted molar refractivity (Wildman–Crippen MR) is 88.9 cm³/mol. The maximum atomic E-state index is 4.97. The molecule has 114 valence electrons. The summed E-state index contributed by atoms with van der Waals surface area (Å²) in [7, 11) is 0. The molecule has 1 aliphatic rings. The number of nitrogens with zero attached hydrogens (tertiary/aromatic N) is 2. The molecule has 4 heteroatoms. The predicted octanol–water partition coefficient (Wildman–Crippen LogP) is 3.93. The smallest absolute Gasteiger partial charge is 0.185 e. The molecule has 3 nitrogen and oxygen atoms in total. The molecule has 0 amide bonds. The summed E-state index contributed by atoms with van der Waals surface area (Å²) in [4.78, 5) is 8.81. The van der Waals surface area contributed by atoms with Crippen LogP contribution < -0.4 is 10.2 Å². The number of thiazole rings is 1. The molecule has 0 bridgehead atoms. The van der Waals surface area contributed by atoms with E-state index in [2.05, 4.69) is 51.8 Å². The quantitative estimate of drug-likeness (QED) is 0.916.